The van der Waals surface area contributed by atoms with Crippen molar-refractivity contribution in [1.82, 2.24) is 4.72 Å². The fourth-order valence-corrected chi connectivity index (χ4v) is 5.75. The number of carbonyl (C=O) groups excluding carboxylic acids is 2. The van der Waals surface area contributed by atoms with Crippen molar-refractivity contribution in [2.45, 2.75) is 38.6 Å². The summed E-state index contributed by atoms with van der Waals surface area (Å²) in [4.78, 5) is 37.9. The predicted octanol–water partition coefficient (Wildman–Crippen LogP) is 5.03. The lowest BCUT2D eigenvalue weighted by Gasteiger charge is -2.18. The van der Waals surface area contributed by atoms with Gasteiger partial charge in [0, 0.05) is 30.6 Å². The second-order valence-corrected chi connectivity index (χ2v) is 11.7. The number of nitrogens with zero attached hydrogens (tertiary/aromatic N) is 1. The fraction of sp³-hybridized carbons (Fsp3) is 0.233. The molecule has 0 radical (unpaired) electrons. The molecule has 3 N–H and O–H groups in total. The summed E-state index contributed by atoms with van der Waals surface area (Å²) in [6.45, 7) is 6.48. The molecule has 2 amide bonds. The van der Waals surface area contributed by atoms with Gasteiger partial charge >= 0.3 is 5.97 Å². The van der Waals surface area contributed by atoms with Crippen molar-refractivity contribution in [3.05, 3.63) is 78.1 Å². The van der Waals surface area contributed by atoms with Gasteiger partial charge in [0.15, 0.2) is 5.76 Å². The van der Waals surface area contributed by atoms with Gasteiger partial charge < -0.3 is 19.7 Å². The van der Waals surface area contributed by atoms with Crippen LogP contribution in [0.2, 0.25) is 0 Å². The molecule has 11 heteroatoms. The average Bonchev–Trinajstić information content (AvgIpc) is 3.28. The van der Waals surface area contributed by atoms with Gasteiger partial charge in [0.05, 0.1) is 10.6 Å². The third-order valence-electron chi connectivity index (χ3n) is 6.83. The topological polar surface area (TPSA) is 146 Å². The lowest BCUT2D eigenvalue weighted by Crippen LogP contribution is -2.44. The summed E-state index contributed by atoms with van der Waals surface area (Å²) in [6.07, 6.45) is 0. The molecule has 1 atom stereocenters. The van der Waals surface area contributed by atoms with E-state index in [2.05, 4.69) is 10.0 Å². The number of furan rings is 1. The number of hydrogen-bond acceptors (Lipinski definition) is 6. The highest BCUT2D eigenvalue weighted by atomic mass is 32.2. The number of benzene rings is 3. The van der Waals surface area contributed by atoms with Crippen molar-refractivity contribution >= 4 is 50.2 Å². The maximum atomic E-state index is 13.1. The summed E-state index contributed by atoms with van der Waals surface area (Å²) in [5.74, 6) is -2.11. The van der Waals surface area contributed by atoms with Gasteiger partial charge in [-0.25, -0.2) is 8.42 Å². The first-order chi connectivity index (χ1) is 19.3. The van der Waals surface area contributed by atoms with Crippen molar-refractivity contribution in [3.8, 4) is 11.1 Å². The summed E-state index contributed by atoms with van der Waals surface area (Å²) in [5, 5.41) is 12.8. The Balaban J connectivity index is 1.50. The number of carboxylic acid groups (broad SMARTS) is 1. The van der Waals surface area contributed by atoms with Crippen LogP contribution in [0.5, 0.6) is 0 Å². The number of amides is 2. The molecule has 10 nitrogen and oxygen atoms in total. The number of anilines is 2. The maximum absolute atomic E-state index is 13.1. The molecule has 0 fully saturated rings. The number of carbonyl (C=O) groups is 3. The van der Waals surface area contributed by atoms with Gasteiger partial charge in [0.1, 0.15) is 11.6 Å². The van der Waals surface area contributed by atoms with Gasteiger partial charge in [0.2, 0.25) is 15.9 Å². The smallest absolute Gasteiger partial charge is 0.322 e. The van der Waals surface area contributed by atoms with Crippen LogP contribution in [0.15, 0.2) is 76.0 Å². The SMILES string of the molecule is CC(=O)N(C)c1cccc2oc(C(=O)Nc3ccc(-c4ccc(S(=O)(=O)NC(C(=O)O)C(C)C)cc4)cc3)c(C)c12. The Morgan fingerprint density at radius 3 is 2.05 bits per heavy atom. The number of nitrogens with one attached hydrogen (secondary N) is 2. The number of rotatable bonds is 9. The van der Waals surface area contributed by atoms with Crippen LogP contribution in [-0.4, -0.2) is 44.4 Å². The predicted molar refractivity (Wildman–Crippen MR) is 156 cm³/mol. The fourth-order valence-electron chi connectivity index (χ4n) is 4.41. The van der Waals surface area contributed by atoms with Gasteiger partial charge in [-0.1, -0.05) is 44.2 Å². The molecule has 1 unspecified atom stereocenters. The van der Waals surface area contributed by atoms with Gasteiger partial charge in [-0.15, -0.1) is 0 Å². The molecular formula is C30H31N3O7S. The number of aryl methyl sites for hydroxylation is 1. The number of fused-ring (bicyclic) bond motifs is 1. The molecule has 0 aliphatic rings. The van der Waals surface area contributed by atoms with Crippen molar-refractivity contribution in [2.24, 2.45) is 5.92 Å². The molecule has 4 rings (SSSR count). The first-order valence-electron chi connectivity index (χ1n) is 12.8. The summed E-state index contributed by atoms with van der Waals surface area (Å²) in [7, 11) is -2.36. The molecule has 1 heterocycles. The molecule has 0 aliphatic heterocycles. The minimum absolute atomic E-state index is 0.0455. The van der Waals surface area contributed by atoms with Crippen LogP contribution in [0.25, 0.3) is 22.1 Å². The third kappa shape index (κ3) is 6.16. The molecule has 0 spiro atoms. The van der Waals surface area contributed by atoms with E-state index in [0.717, 1.165) is 11.1 Å². The highest BCUT2D eigenvalue weighted by Crippen LogP contribution is 2.34. The second kappa shape index (κ2) is 11.6. The van der Waals surface area contributed by atoms with Gasteiger partial charge in [-0.3, -0.25) is 14.4 Å². The van der Waals surface area contributed by atoms with Crippen LogP contribution in [0.1, 0.15) is 36.9 Å². The van der Waals surface area contributed by atoms with E-state index in [-0.39, 0.29) is 16.6 Å². The zero-order valence-electron chi connectivity index (χ0n) is 23.3. The molecule has 0 aliphatic carbocycles. The normalized spacial score (nSPS) is 12.3. The Bertz CT molecular complexity index is 1720. The van der Waals surface area contributed by atoms with Gasteiger partial charge in [0.25, 0.3) is 5.91 Å². The summed E-state index contributed by atoms with van der Waals surface area (Å²) >= 11 is 0. The van der Waals surface area contributed by atoms with E-state index in [1.54, 1.807) is 82.4 Å². The van der Waals surface area contributed by atoms with E-state index in [9.17, 15) is 27.9 Å². The van der Waals surface area contributed by atoms with Crippen LogP contribution in [0.3, 0.4) is 0 Å². The van der Waals surface area contributed by atoms with Crippen LogP contribution in [0.4, 0.5) is 11.4 Å². The maximum Gasteiger partial charge on any atom is 0.322 e. The van der Waals surface area contributed by atoms with E-state index in [0.29, 0.717) is 27.9 Å². The minimum Gasteiger partial charge on any atom is -0.480 e. The Hall–Kier alpha value is -4.48. The highest BCUT2D eigenvalue weighted by Gasteiger charge is 2.28. The third-order valence-corrected chi connectivity index (χ3v) is 8.28. The molecule has 3 aromatic carbocycles. The van der Waals surface area contributed by atoms with Crippen LogP contribution >= 0.6 is 0 Å². The van der Waals surface area contributed by atoms with E-state index in [1.165, 1.54) is 24.0 Å². The Morgan fingerprint density at radius 1 is 0.927 bits per heavy atom. The Kier molecular flexibility index (Phi) is 8.32. The minimum atomic E-state index is -4.03. The van der Waals surface area contributed by atoms with Gasteiger partial charge in [-0.05, 0) is 60.4 Å². The van der Waals surface area contributed by atoms with E-state index >= 15 is 0 Å². The van der Waals surface area contributed by atoms with Crippen molar-refractivity contribution in [1.29, 1.82) is 0 Å². The number of aliphatic carboxylic acids is 1. The monoisotopic (exact) mass is 577 g/mol. The average molecular weight is 578 g/mol. The van der Waals surface area contributed by atoms with Crippen molar-refractivity contribution < 1.29 is 32.3 Å². The zero-order valence-corrected chi connectivity index (χ0v) is 24.1. The van der Waals surface area contributed by atoms with E-state index < -0.39 is 33.9 Å². The molecular weight excluding hydrogens is 546 g/mol. The van der Waals surface area contributed by atoms with Crippen LogP contribution < -0.4 is 14.9 Å². The molecule has 0 bridgehead atoms. The molecule has 214 valence electrons. The first kappa shape index (κ1) is 29.5. The van der Waals surface area contributed by atoms with E-state index in [4.69, 9.17) is 4.42 Å². The lowest BCUT2D eigenvalue weighted by atomic mass is 10.1. The molecule has 0 saturated heterocycles. The van der Waals surface area contributed by atoms with Crippen molar-refractivity contribution in [2.75, 3.05) is 17.3 Å². The summed E-state index contributed by atoms with van der Waals surface area (Å²) < 4.78 is 33.5. The van der Waals surface area contributed by atoms with Gasteiger partial charge in [-0.2, -0.15) is 4.72 Å². The largest absolute Gasteiger partial charge is 0.480 e. The summed E-state index contributed by atoms with van der Waals surface area (Å²) in [6, 6.07) is 17.1. The number of carboxylic acids is 1. The number of hydrogen-bond donors (Lipinski definition) is 3. The van der Waals surface area contributed by atoms with E-state index in [1.807, 2.05) is 0 Å². The quantitative estimate of drug-likeness (QED) is 0.253. The Labute approximate surface area is 238 Å². The molecule has 0 saturated carbocycles. The van der Waals surface area contributed by atoms with Crippen LogP contribution in [0, 0.1) is 12.8 Å². The lowest BCUT2D eigenvalue weighted by molar-refractivity contribution is -0.140. The van der Waals surface area contributed by atoms with Crippen molar-refractivity contribution in [3.63, 3.8) is 0 Å². The van der Waals surface area contributed by atoms with Crippen LogP contribution in [-0.2, 0) is 19.6 Å². The number of sulfonamides is 1. The Morgan fingerprint density at radius 2 is 1.51 bits per heavy atom. The molecule has 41 heavy (non-hydrogen) atoms. The highest BCUT2D eigenvalue weighted by molar-refractivity contribution is 7.89. The zero-order chi connectivity index (χ0) is 30.1. The second-order valence-electron chi connectivity index (χ2n) is 10.0. The molecule has 4 aromatic rings. The molecule has 1 aromatic heterocycles. The first-order valence-corrected chi connectivity index (χ1v) is 14.3. The standard InChI is InChI=1S/C30H31N3O7S/c1-17(2)27(30(36)37)32-41(38,39)23-15-11-21(12-16-23)20-9-13-22(14-10-20)31-29(35)28-18(3)26-24(33(5)19(4)34)7-6-8-25(26)40-28/h6-17,27,32H,1-5H3,(H,31,35)(H,36,37). The summed E-state index contributed by atoms with van der Waals surface area (Å²) in [5.41, 5.74) is 3.80.